The second-order valence-corrected chi connectivity index (χ2v) is 7.29. The predicted octanol–water partition coefficient (Wildman–Crippen LogP) is 2.88. The van der Waals surface area contributed by atoms with Crippen LogP contribution in [-0.4, -0.2) is 28.1 Å². The van der Waals surface area contributed by atoms with Gasteiger partial charge in [0.15, 0.2) is 0 Å². The summed E-state index contributed by atoms with van der Waals surface area (Å²) in [5.41, 5.74) is 6.80. The smallest absolute Gasteiger partial charge is 0.326 e. The average Bonchev–Trinajstić information content (AvgIpc) is 3.31. The van der Waals surface area contributed by atoms with Crippen LogP contribution in [0.1, 0.15) is 40.7 Å². The van der Waals surface area contributed by atoms with Crippen molar-refractivity contribution in [3.8, 4) is 0 Å². The van der Waals surface area contributed by atoms with Gasteiger partial charge in [0, 0.05) is 24.5 Å². The quantitative estimate of drug-likeness (QED) is 0.760. The standard InChI is InChI=1S/C21H23N3O3/c25-20(26)18(10-13-4-3-9-22-12-13)23-21(27)24-19-16-7-1-5-14(16)11-15-6-2-8-17(15)19/h3-4,9,11-12,18H,1-2,5-8,10H2,(H,25,26)(H2,23,24,27). The Balaban J connectivity index is 1.52. The average molecular weight is 365 g/mol. The fraction of sp³-hybridized carbons (Fsp3) is 0.381. The number of carbonyl (C=O) groups is 2. The molecule has 0 fully saturated rings. The highest BCUT2D eigenvalue weighted by atomic mass is 16.4. The van der Waals surface area contributed by atoms with Gasteiger partial charge in [-0.25, -0.2) is 9.59 Å². The Morgan fingerprint density at radius 2 is 1.81 bits per heavy atom. The molecule has 0 saturated heterocycles. The van der Waals surface area contributed by atoms with Gasteiger partial charge in [0.25, 0.3) is 0 Å². The molecule has 2 aromatic rings. The molecule has 1 aromatic carbocycles. The number of anilines is 1. The van der Waals surface area contributed by atoms with Gasteiger partial charge in [0.2, 0.25) is 0 Å². The summed E-state index contributed by atoms with van der Waals surface area (Å²) in [5.74, 6) is -1.06. The molecule has 2 aliphatic carbocycles. The minimum absolute atomic E-state index is 0.196. The summed E-state index contributed by atoms with van der Waals surface area (Å²) >= 11 is 0. The van der Waals surface area contributed by atoms with Gasteiger partial charge in [-0.2, -0.15) is 0 Å². The normalized spacial score (nSPS) is 15.7. The van der Waals surface area contributed by atoms with Crippen molar-refractivity contribution in [3.63, 3.8) is 0 Å². The zero-order valence-electron chi connectivity index (χ0n) is 15.1. The lowest BCUT2D eigenvalue weighted by Gasteiger charge is -2.19. The van der Waals surface area contributed by atoms with Crippen LogP contribution in [0.3, 0.4) is 0 Å². The fourth-order valence-electron chi connectivity index (χ4n) is 4.23. The molecule has 6 heteroatoms. The van der Waals surface area contributed by atoms with E-state index in [-0.39, 0.29) is 6.42 Å². The van der Waals surface area contributed by atoms with Crippen molar-refractivity contribution in [2.24, 2.45) is 0 Å². The van der Waals surface area contributed by atoms with E-state index in [4.69, 9.17) is 0 Å². The molecular weight excluding hydrogens is 342 g/mol. The molecule has 4 rings (SSSR count). The van der Waals surface area contributed by atoms with Crippen LogP contribution in [-0.2, 0) is 36.9 Å². The number of aryl methyl sites for hydroxylation is 2. The summed E-state index contributed by atoms with van der Waals surface area (Å²) in [6, 6.07) is 4.40. The Kier molecular flexibility index (Phi) is 4.79. The number of amides is 2. The number of nitrogens with zero attached hydrogens (tertiary/aromatic N) is 1. The van der Waals surface area contributed by atoms with E-state index in [2.05, 4.69) is 21.7 Å². The minimum Gasteiger partial charge on any atom is -0.480 e. The van der Waals surface area contributed by atoms with Crippen LogP contribution in [0, 0.1) is 0 Å². The Hall–Kier alpha value is -2.89. The van der Waals surface area contributed by atoms with Crippen molar-refractivity contribution in [2.45, 2.75) is 51.0 Å². The van der Waals surface area contributed by atoms with Crippen molar-refractivity contribution in [1.29, 1.82) is 0 Å². The zero-order chi connectivity index (χ0) is 18.8. The summed E-state index contributed by atoms with van der Waals surface area (Å²) in [4.78, 5) is 28.2. The molecule has 1 heterocycles. The molecule has 2 aliphatic rings. The number of carbonyl (C=O) groups excluding carboxylic acids is 1. The third-order valence-electron chi connectivity index (χ3n) is 5.48. The highest BCUT2D eigenvalue weighted by Gasteiger charge is 2.26. The monoisotopic (exact) mass is 365 g/mol. The van der Waals surface area contributed by atoms with Crippen LogP contribution < -0.4 is 10.6 Å². The third-order valence-corrected chi connectivity index (χ3v) is 5.48. The maximum atomic E-state index is 12.6. The highest BCUT2D eigenvalue weighted by Crippen LogP contribution is 2.38. The number of hydrogen-bond donors (Lipinski definition) is 3. The van der Waals surface area contributed by atoms with Gasteiger partial charge in [-0.15, -0.1) is 0 Å². The Labute approximate surface area is 158 Å². The Morgan fingerprint density at radius 1 is 1.11 bits per heavy atom. The van der Waals surface area contributed by atoms with Gasteiger partial charge in [-0.3, -0.25) is 4.98 Å². The van der Waals surface area contributed by atoms with Crippen molar-refractivity contribution in [1.82, 2.24) is 10.3 Å². The summed E-state index contributed by atoms with van der Waals surface area (Å²) in [5, 5.41) is 15.1. The molecular formula is C21H23N3O3. The molecule has 27 heavy (non-hydrogen) atoms. The molecule has 6 nitrogen and oxygen atoms in total. The summed E-state index contributed by atoms with van der Waals surface area (Å²) in [6.07, 6.45) is 9.70. The number of benzene rings is 1. The molecule has 0 aliphatic heterocycles. The molecule has 1 atom stereocenters. The molecule has 0 saturated carbocycles. The minimum atomic E-state index is -1.06. The van der Waals surface area contributed by atoms with Crippen LogP contribution >= 0.6 is 0 Å². The lowest BCUT2D eigenvalue weighted by molar-refractivity contribution is -0.139. The van der Waals surface area contributed by atoms with E-state index >= 15 is 0 Å². The maximum Gasteiger partial charge on any atom is 0.326 e. The predicted molar refractivity (Wildman–Crippen MR) is 102 cm³/mol. The first-order chi connectivity index (χ1) is 13.1. The van der Waals surface area contributed by atoms with Crippen molar-refractivity contribution >= 4 is 17.7 Å². The second kappa shape index (κ2) is 7.39. The Bertz CT molecular complexity index is 848. The van der Waals surface area contributed by atoms with Gasteiger partial charge in [-0.05, 0) is 72.4 Å². The van der Waals surface area contributed by atoms with Crippen LogP contribution in [0.4, 0.5) is 10.5 Å². The Morgan fingerprint density at radius 3 is 2.41 bits per heavy atom. The van der Waals surface area contributed by atoms with E-state index in [1.807, 2.05) is 0 Å². The van der Waals surface area contributed by atoms with Crippen LogP contribution in [0.2, 0.25) is 0 Å². The second-order valence-electron chi connectivity index (χ2n) is 7.29. The number of nitrogens with one attached hydrogen (secondary N) is 2. The molecule has 140 valence electrons. The van der Waals surface area contributed by atoms with E-state index in [9.17, 15) is 14.7 Å². The van der Waals surface area contributed by atoms with E-state index < -0.39 is 18.0 Å². The molecule has 1 aromatic heterocycles. The number of aliphatic carboxylic acids is 1. The molecule has 2 amide bonds. The lowest BCUT2D eigenvalue weighted by atomic mass is 9.99. The summed E-state index contributed by atoms with van der Waals surface area (Å²) < 4.78 is 0. The first-order valence-electron chi connectivity index (χ1n) is 9.47. The number of carboxylic acid groups (broad SMARTS) is 1. The first-order valence-corrected chi connectivity index (χ1v) is 9.47. The van der Waals surface area contributed by atoms with E-state index in [1.165, 1.54) is 22.3 Å². The lowest BCUT2D eigenvalue weighted by Crippen LogP contribution is -2.44. The zero-order valence-corrected chi connectivity index (χ0v) is 15.1. The molecule has 0 spiro atoms. The van der Waals surface area contributed by atoms with Gasteiger partial charge >= 0.3 is 12.0 Å². The number of urea groups is 1. The topological polar surface area (TPSA) is 91.3 Å². The number of rotatable bonds is 5. The SMILES string of the molecule is O=C(Nc1c2c(cc3c1CCC3)CCC2)NC(Cc1cccnc1)C(=O)O. The molecule has 0 radical (unpaired) electrons. The fourth-order valence-corrected chi connectivity index (χ4v) is 4.23. The van der Waals surface area contributed by atoms with Crippen molar-refractivity contribution in [2.75, 3.05) is 5.32 Å². The first kappa shape index (κ1) is 17.5. The number of aromatic nitrogens is 1. The molecule has 1 unspecified atom stereocenters. The maximum absolute atomic E-state index is 12.6. The largest absolute Gasteiger partial charge is 0.480 e. The molecule has 0 bridgehead atoms. The van der Waals surface area contributed by atoms with Crippen LogP contribution in [0.15, 0.2) is 30.6 Å². The third kappa shape index (κ3) is 3.65. The molecule has 3 N–H and O–H groups in total. The van der Waals surface area contributed by atoms with E-state index in [1.54, 1.807) is 24.5 Å². The van der Waals surface area contributed by atoms with E-state index in [0.717, 1.165) is 49.8 Å². The number of hydrogen-bond acceptors (Lipinski definition) is 3. The number of pyridine rings is 1. The summed E-state index contributed by atoms with van der Waals surface area (Å²) in [6.45, 7) is 0. The highest BCUT2D eigenvalue weighted by molar-refractivity contribution is 5.94. The number of fused-ring (bicyclic) bond motifs is 2. The summed E-state index contributed by atoms with van der Waals surface area (Å²) in [7, 11) is 0. The van der Waals surface area contributed by atoms with Gasteiger partial charge in [0.05, 0.1) is 0 Å². The van der Waals surface area contributed by atoms with Crippen LogP contribution in [0.5, 0.6) is 0 Å². The van der Waals surface area contributed by atoms with Gasteiger partial charge < -0.3 is 15.7 Å². The van der Waals surface area contributed by atoms with Crippen LogP contribution in [0.25, 0.3) is 0 Å². The van der Waals surface area contributed by atoms with Gasteiger partial charge in [-0.1, -0.05) is 12.1 Å². The van der Waals surface area contributed by atoms with Gasteiger partial charge in [0.1, 0.15) is 6.04 Å². The van der Waals surface area contributed by atoms with Crippen molar-refractivity contribution < 1.29 is 14.7 Å². The van der Waals surface area contributed by atoms with Crippen molar-refractivity contribution in [3.05, 3.63) is 58.4 Å². The van der Waals surface area contributed by atoms with E-state index in [0.29, 0.717) is 0 Å². The number of carboxylic acids is 1.